The molecule has 0 amide bonds. The molecule has 1 heterocycles. The number of halogens is 4. The molecule has 0 aliphatic rings. The number of para-hydroxylation sites is 2. The molecule has 0 unspecified atom stereocenters. The van der Waals surface area contributed by atoms with Crippen LogP contribution in [-0.4, -0.2) is 4.57 Å². The number of rotatable bonds is 0. The van der Waals surface area contributed by atoms with Crippen molar-refractivity contribution in [3.8, 4) is 0 Å². The minimum atomic E-state index is -4.33. The maximum Gasteiger partial charge on any atom is 0.495 e. The maximum absolute atomic E-state index is 12.7. The molecule has 0 spiro atoms. The predicted octanol–water partition coefficient (Wildman–Crippen LogP) is -0.974. The lowest BCUT2D eigenvalue weighted by molar-refractivity contribution is -0.667. The van der Waals surface area contributed by atoms with E-state index in [2.05, 4.69) is 0 Å². The Morgan fingerprint density at radius 2 is 1.75 bits per heavy atom. The van der Waals surface area contributed by atoms with Crippen molar-refractivity contribution in [1.29, 1.82) is 0 Å². The fraction of sp³-hybridized carbons (Fsp3) is 0.300. The Labute approximate surface area is 89.3 Å². The molecule has 2 nitrogen and oxygen atoms in total. The highest BCUT2D eigenvalue weighted by atomic mass is 19.4. The first-order valence-corrected chi connectivity index (χ1v) is 4.43. The van der Waals surface area contributed by atoms with E-state index >= 15 is 0 Å². The fourth-order valence-corrected chi connectivity index (χ4v) is 1.86. The summed E-state index contributed by atoms with van der Waals surface area (Å²) in [6.45, 7) is 0. The van der Waals surface area contributed by atoms with Crippen LogP contribution < -0.4 is 9.27 Å². The summed E-state index contributed by atoms with van der Waals surface area (Å²) < 4.78 is 40.4. The van der Waals surface area contributed by atoms with Gasteiger partial charge in [0.2, 0.25) is 0 Å². The molecule has 0 radical (unpaired) electrons. The summed E-state index contributed by atoms with van der Waals surface area (Å²) in [5.41, 5.74) is 1.15. The van der Waals surface area contributed by atoms with Gasteiger partial charge in [-0.15, -0.1) is 0 Å². The molecule has 2 rings (SSSR count). The van der Waals surface area contributed by atoms with Crippen LogP contribution >= 0.6 is 0 Å². The number of alkyl halides is 3. The van der Waals surface area contributed by atoms with Crippen LogP contribution in [0.15, 0.2) is 24.3 Å². The van der Waals surface area contributed by atoms with E-state index in [1.807, 2.05) is 0 Å². The zero-order valence-electron chi connectivity index (χ0n) is 8.72. The molecule has 88 valence electrons. The van der Waals surface area contributed by atoms with Crippen molar-refractivity contribution in [2.75, 3.05) is 0 Å². The van der Waals surface area contributed by atoms with Crippen LogP contribution in [0.2, 0.25) is 0 Å². The van der Waals surface area contributed by atoms with E-state index in [0.29, 0.717) is 11.0 Å². The van der Waals surface area contributed by atoms with E-state index in [-0.39, 0.29) is 4.70 Å². The number of hydrogen-bond donors (Lipinski definition) is 0. The van der Waals surface area contributed by atoms with Crippen molar-refractivity contribution in [2.24, 2.45) is 14.1 Å². The summed E-state index contributed by atoms with van der Waals surface area (Å²) >= 11 is 0. The van der Waals surface area contributed by atoms with Gasteiger partial charge in [-0.05, 0) is 12.1 Å². The Hall–Kier alpha value is -1.59. The molecule has 0 fully saturated rings. The van der Waals surface area contributed by atoms with Crippen molar-refractivity contribution in [3.05, 3.63) is 30.1 Å². The first-order chi connectivity index (χ1) is 6.93. The summed E-state index contributed by atoms with van der Waals surface area (Å²) in [4.78, 5) is 0. The van der Waals surface area contributed by atoms with Crippen LogP contribution in [0.3, 0.4) is 0 Å². The van der Waals surface area contributed by atoms with Crippen LogP contribution in [0.1, 0.15) is 5.82 Å². The van der Waals surface area contributed by atoms with Gasteiger partial charge in [-0.3, -0.25) is 0 Å². The maximum atomic E-state index is 12.7. The second-order valence-electron chi connectivity index (χ2n) is 3.43. The van der Waals surface area contributed by atoms with Crippen molar-refractivity contribution in [2.45, 2.75) is 6.18 Å². The fourth-order valence-electron chi connectivity index (χ4n) is 1.86. The average molecular weight is 234 g/mol. The van der Waals surface area contributed by atoms with Gasteiger partial charge >= 0.3 is 12.0 Å². The van der Waals surface area contributed by atoms with Crippen LogP contribution in [0.25, 0.3) is 11.0 Å². The highest BCUT2D eigenvalue weighted by Crippen LogP contribution is 2.28. The van der Waals surface area contributed by atoms with Crippen LogP contribution in [0.4, 0.5) is 13.2 Å². The minimum Gasteiger partial charge on any atom is -1.00 e. The van der Waals surface area contributed by atoms with Gasteiger partial charge in [0, 0.05) is 0 Å². The van der Waals surface area contributed by atoms with Crippen LogP contribution in [-0.2, 0) is 20.3 Å². The molecule has 16 heavy (non-hydrogen) atoms. The lowest BCUT2D eigenvalue weighted by atomic mass is 10.3. The Kier molecular flexibility index (Phi) is 2.94. The number of hydrogen-bond acceptors (Lipinski definition) is 0. The average Bonchev–Trinajstić information content (AvgIpc) is 2.39. The van der Waals surface area contributed by atoms with E-state index in [0.717, 1.165) is 9.13 Å². The topological polar surface area (TPSA) is 8.81 Å². The zero-order chi connectivity index (χ0) is 11.2. The summed E-state index contributed by atoms with van der Waals surface area (Å²) in [6.07, 6.45) is -4.33. The van der Waals surface area contributed by atoms with E-state index in [9.17, 15) is 13.2 Å². The van der Waals surface area contributed by atoms with Gasteiger partial charge in [-0.2, -0.15) is 13.2 Å². The number of benzene rings is 1. The number of nitrogens with zero attached hydrogens (tertiary/aromatic N) is 2. The molecular weight excluding hydrogens is 224 g/mol. The van der Waals surface area contributed by atoms with E-state index in [4.69, 9.17) is 0 Å². The number of fused-ring (bicyclic) bond motifs is 1. The number of aryl methyl sites for hydroxylation is 2. The van der Waals surface area contributed by atoms with E-state index in [1.165, 1.54) is 14.1 Å². The van der Waals surface area contributed by atoms with Gasteiger partial charge in [-0.25, -0.2) is 9.13 Å². The molecule has 0 saturated heterocycles. The third-order valence-electron chi connectivity index (χ3n) is 2.49. The Morgan fingerprint density at radius 1 is 1.19 bits per heavy atom. The van der Waals surface area contributed by atoms with E-state index < -0.39 is 12.0 Å². The molecule has 0 N–H and O–H groups in total. The number of imidazole rings is 1. The second kappa shape index (κ2) is 3.77. The molecule has 6 heteroatoms. The first kappa shape index (κ1) is 12.5. The largest absolute Gasteiger partial charge is 1.00 e. The summed E-state index contributed by atoms with van der Waals surface area (Å²) in [6, 6.07) is 6.79. The first-order valence-electron chi connectivity index (χ1n) is 4.43. The standard InChI is InChI=1S/C10H10F3N2.FH/c1-14-7-5-3-4-6-8(7)15(2)9(14)10(11,12)13;/h3-6H,1-2H3;1H/q+1;/p-1. The third-order valence-corrected chi connectivity index (χ3v) is 2.49. The van der Waals surface area contributed by atoms with Crippen molar-refractivity contribution < 1.29 is 22.4 Å². The van der Waals surface area contributed by atoms with Crippen molar-refractivity contribution in [1.82, 2.24) is 4.57 Å². The molecular formula is C10H10F4N2. The van der Waals surface area contributed by atoms with Gasteiger partial charge in [0.05, 0.1) is 14.1 Å². The van der Waals surface area contributed by atoms with Gasteiger partial charge in [0.1, 0.15) is 0 Å². The quantitative estimate of drug-likeness (QED) is 0.409. The second-order valence-corrected chi connectivity index (χ2v) is 3.43. The zero-order valence-corrected chi connectivity index (χ0v) is 8.72. The molecule has 0 bridgehead atoms. The predicted molar refractivity (Wildman–Crippen MR) is 49.1 cm³/mol. The van der Waals surface area contributed by atoms with E-state index in [1.54, 1.807) is 24.3 Å². The molecule has 2 aromatic rings. The number of aromatic nitrogens is 2. The van der Waals surface area contributed by atoms with Crippen LogP contribution in [0.5, 0.6) is 0 Å². The highest BCUT2D eigenvalue weighted by molar-refractivity contribution is 5.72. The molecule has 0 aliphatic carbocycles. The molecule has 0 saturated carbocycles. The summed E-state index contributed by atoms with van der Waals surface area (Å²) in [7, 11) is 2.84. The monoisotopic (exact) mass is 234 g/mol. The van der Waals surface area contributed by atoms with Crippen LogP contribution in [0, 0.1) is 0 Å². The third kappa shape index (κ3) is 1.64. The summed E-state index contributed by atoms with van der Waals surface area (Å²) in [5, 5.41) is 0. The van der Waals surface area contributed by atoms with Crippen molar-refractivity contribution in [3.63, 3.8) is 0 Å². The molecule has 1 aromatic carbocycles. The van der Waals surface area contributed by atoms with Gasteiger partial charge in [0.25, 0.3) is 0 Å². The Bertz CT molecular complexity index is 474. The van der Waals surface area contributed by atoms with Crippen molar-refractivity contribution >= 4 is 11.0 Å². The lowest BCUT2D eigenvalue weighted by Crippen LogP contribution is -3.00. The molecule has 1 aromatic heterocycles. The normalized spacial score (nSPS) is 11.6. The lowest BCUT2D eigenvalue weighted by Gasteiger charge is -2.01. The van der Waals surface area contributed by atoms with Gasteiger partial charge in [-0.1, -0.05) is 12.1 Å². The Balaban J connectivity index is 0.00000128. The van der Waals surface area contributed by atoms with Gasteiger partial charge in [0.15, 0.2) is 11.0 Å². The smallest absolute Gasteiger partial charge is 0.495 e. The van der Waals surface area contributed by atoms with Gasteiger partial charge < -0.3 is 4.70 Å². The summed E-state index contributed by atoms with van der Waals surface area (Å²) in [5.74, 6) is -0.649. The molecule has 0 atom stereocenters. The SMILES string of the molecule is Cn1c(C(F)(F)F)[n+](C)c2ccccc21.[F-]. The minimum absolute atomic E-state index is 0. The Morgan fingerprint density at radius 3 is 2.25 bits per heavy atom. The highest BCUT2D eigenvalue weighted by Gasteiger charge is 2.45. The molecule has 0 aliphatic heterocycles.